The molecule has 4 heterocycles. The lowest BCUT2D eigenvalue weighted by atomic mass is 9.99. The number of piperazine rings is 2. The van der Waals surface area contributed by atoms with Gasteiger partial charge in [-0.05, 0) is 98.4 Å². The van der Waals surface area contributed by atoms with E-state index in [0.717, 1.165) is 82.4 Å². The van der Waals surface area contributed by atoms with E-state index in [1.165, 1.54) is 16.9 Å². The highest BCUT2D eigenvalue weighted by atomic mass is 16.5. The van der Waals surface area contributed by atoms with E-state index in [1.807, 2.05) is 36.4 Å². The number of likely N-dealkylation sites (N-methyl/N-ethyl adjacent to an activating group) is 2. The summed E-state index contributed by atoms with van der Waals surface area (Å²) in [5.41, 5.74) is 4.85. The first kappa shape index (κ1) is 53.1. The predicted molar refractivity (Wildman–Crippen MR) is 271 cm³/mol. The Bertz CT molecular complexity index is 2580. The summed E-state index contributed by atoms with van der Waals surface area (Å²) in [6, 6.07) is 20.6. The van der Waals surface area contributed by atoms with Crippen molar-refractivity contribution in [3.05, 3.63) is 106 Å². The molecule has 2 N–H and O–H groups in total. The van der Waals surface area contributed by atoms with Crippen molar-refractivity contribution in [2.24, 2.45) is 0 Å². The fourth-order valence-electron chi connectivity index (χ4n) is 10.1. The maximum atomic E-state index is 14.0. The number of anilines is 2. The normalized spacial score (nSPS) is 16.8. The van der Waals surface area contributed by atoms with Crippen LogP contribution in [0.15, 0.2) is 72.8 Å². The molecule has 2 atom stereocenters. The zero-order valence-electron chi connectivity index (χ0n) is 42.3. The maximum absolute atomic E-state index is 14.0. The molecule has 0 saturated carbocycles. The minimum absolute atomic E-state index is 0.0279. The lowest BCUT2D eigenvalue weighted by molar-refractivity contribution is -0.142. The number of methoxy groups -OCH3 is 4. The molecule has 4 amide bonds. The zero-order chi connectivity index (χ0) is 51.5. The van der Waals surface area contributed by atoms with E-state index in [-0.39, 0.29) is 36.8 Å². The number of fused-ring (bicyclic) bond motifs is 2. The number of aliphatic hydroxyl groups is 1. The number of carboxylic acid groups (broad SMARTS) is 1. The summed E-state index contributed by atoms with van der Waals surface area (Å²) in [5.74, 6) is -0.177. The summed E-state index contributed by atoms with van der Waals surface area (Å²) in [6.07, 6.45) is 1.75. The molecule has 4 aromatic carbocycles. The molecule has 4 aromatic rings. The molecule has 2 fully saturated rings. The molecule has 8 rings (SSSR count). The number of amides is 4. The fourth-order valence-corrected chi connectivity index (χ4v) is 10.1. The second kappa shape index (κ2) is 24.6. The number of nitrogens with zero attached hydrogens (tertiary/aromatic N) is 6. The zero-order valence-corrected chi connectivity index (χ0v) is 42.3. The molecule has 2 saturated heterocycles. The highest BCUT2D eigenvalue weighted by molar-refractivity contribution is 6.25. The molecule has 72 heavy (non-hydrogen) atoms. The Morgan fingerprint density at radius 2 is 0.972 bits per heavy atom. The third-order valence-electron chi connectivity index (χ3n) is 14.0. The Balaban J connectivity index is 0.000000213. The van der Waals surface area contributed by atoms with Gasteiger partial charge in [0.1, 0.15) is 6.61 Å². The molecule has 0 bridgehead atoms. The van der Waals surface area contributed by atoms with Gasteiger partial charge in [0, 0.05) is 65.6 Å². The number of carbonyl (C=O) groups is 5. The van der Waals surface area contributed by atoms with Crippen molar-refractivity contribution >= 4 is 41.0 Å². The Hall–Kier alpha value is -6.73. The van der Waals surface area contributed by atoms with Crippen LogP contribution < -0.4 is 28.7 Å². The van der Waals surface area contributed by atoms with E-state index in [9.17, 15) is 29.1 Å². The SMILES string of the molecule is CCN1CCN(c2cccc3c2C(=O)N([C@H](CCCO)c2ccc(OC)c(OC)c2)C3=O)CC1.CCN1CCN(c2cccc3c2C(=O)N([C@H](CCCOCC(=O)O)c2ccc(OC)c(OC)c2)C3=O)CC1. The monoisotopic (exact) mass is 992 g/mol. The van der Waals surface area contributed by atoms with Gasteiger partial charge >= 0.3 is 5.97 Å². The van der Waals surface area contributed by atoms with Crippen molar-refractivity contribution in [2.75, 3.05) is 124 Å². The molecule has 0 unspecified atom stereocenters. The van der Waals surface area contributed by atoms with Crippen LogP contribution in [0.25, 0.3) is 0 Å². The first-order valence-electron chi connectivity index (χ1n) is 24.7. The van der Waals surface area contributed by atoms with Gasteiger partial charge in [0.05, 0.1) is 74.2 Å². The molecule has 386 valence electrons. The summed E-state index contributed by atoms with van der Waals surface area (Å²) in [4.78, 5) is 77.7. The van der Waals surface area contributed by atoms with E-state index < -0.39 is 24.7 Å². The van der Waals surface area contributed by atoms with E-state index in [2.05, 4.69) is 33.4 Å². The molecule has 0 spiro atoms. The van der Waals surface area contributed by atoms with Crippen molar-refractivity contribution in [1.82, 2.24) is 19.6 Å². The summed E-state index contributed by atoms with van der Waals surface area (Å²) in [7, 11) is 6.19. The van der Waals surface area contributed by atoms with Crippen molar-refractivity contribution in [3.8, 4) is 23.0 Å². The molecular formula is C54H68N6O12. The van der Waals surface area contributed by atoms with Gasteiger partial charge in [-0.25, -0.2) is 4.79 Å². The van der Waals surface area contributed by atoms with Gasteiger partial charge in [-0.1, -0.05) is 38.1 Å². The van der Waals surface area contributed by atoms with Crippen LogP contribution in [0.5, 0.6) is 23.0 Å². The lowest BCUT2D eigenvalue weighted by Crippen LogP contribution is -2.46. The second-order valence-electron chi connectivity index (χ2n) is 17.9. The van der Waals surface area contributed by atoms with Crippen LogP contribution in [0.2, 0.25) is 0 Å². The molecule has 4 aliphatic rings. The number of hydrogen-bond acceptors (Lipinski definition) is 15. The number of carbonyl (C=O) groups excluding carboxylic acids is 4. The van der Waals surface area contributed by atoms with Gasteiger partial charge in [-0.2, -0.15) is 0 Å². The summed E-state index contributed by atoms with van der Waals surface area (Å²) in [6.45, 7) is 12.9. The van der Waals surface area contributed by atoms with E-state index in [4.69, 9.17) is 28.8 Å². The van der Waals surface area contributed by atoms with Gasteiger partial charge in [-0.15, -0.1) is 0 Å². The number of ether oxygens (including phenoxy) is 5. The fraction of sp³-hybridized carbons (Fsp3) is 0.463. The number of benzene rings is 4. The number of carboxylic acids is 1. The number of rotatable bonds is 21. The average molecular weight is 993 g/mol. The van der Waals surface area contributed by atoms with E-state index >= 15 is 0 Å². The first-order valence-corrected chi connectivity index (χ1v) is 24.7. The van der Waals surface area contributed by atoms with Crippen molar-refractivity contribution in [2.45, 2.75) is 51.6 Å². The summed E-state index contributed by atoms with van der Waals surface area (Å²) in [5, 5.41) is 18.4. The van der Waals surface area contributed by atoms with Crippen LogP contribution in [0.1, 0.15) is 104 Å². The Labute approximate surface area is 421 Å². The van der Waals surface area contributed by atoms with Gasteiger partial charge in [0.25, 0.3) is 23.6 Å². The quantitative estimate of drug-likeness (QED) is 0.0727. The van der Waals surface area contributed by atoms with Gasteiger partial charge in [-0.3, -0.25) is 29.0 Å². The van der Waals surface area contributed by atoms with Crippen molar-refractivity contribution in [1.29, 1.82) is 0 Å². The first-order chi connectivity index (χ1) is 34.9. The van der Waals surface area contributed by atoms with Crippen LogP contribution in [0, 0.1) is 0 Å². The van der Waals surface area contributed by atoms with Gasteiger partial charge < -0.3 is 53.5 Å². The number of imide groups is 2. The molecule has 18 heteroatoms. The van der Waals surface area contributed by atoms with Crippen molar-refractivity contribution in [3.63, 3.8) is 0 Å². The number of aliphatic hydroxyl groups excluding tert-OH is 1. The average Bonchev–Trinajstić information content (AvgIpc) is 3.82. The molecule has 4 aliphatic heterocycles. The minimum atomic E-state index is -1.05. The van der Waals surface area contributed by atoms with E-state index in [0.29, 0.717) is 76.5 Å². The third kappa shape index (κ3) is 11.3. The lowest BCUT2D eigenvalue weighted by Gasteiger charge is -2.36. The van der Waals surface area contributed by atoms with Crippen LogP contribution >= 0.6 is 0 Å². The standard InChI is InChI=1S/C28H35N3O7.C26H33N3O5/c1-4-29-12-14-30(15-13-29)22-8-5-7-20-26(22)28(35)31(27(20)34)21(9-6-16-38-18-25(32)33)19-10-11-23(36-2)24(17-19)37-3;1-4-27-12-14-28(15-13-27)21-8-5-7-19-24(21)26(32)29(25(19)31)20(9-6-16-30)18-10-11-22(33-2)23(17-18)34-3/h5,7-8,10-11,17,21H,4,6,9,12-16,18H2,1-3H3,(H,32,33);5,7-8,10-11,17,20,30H,4,6,9,12-16H2,1-3H3/t21-;20-/m11/s1. The topological polar surface area (TPSA) is 191 Å². The van der Waals surface area contributed by atoms with E-state index in [1.54, 1.807) is 57.7 Å². The van der Waals surface area contributed by atoms with Gasteiger partial charge in [0.15, 0.2) is 23.0 Å². The predicted octanol–water partition coefficient (Wildman–Crippen LogP) is 6.02. The molecule has 0 radical (unpaired) electrons. The van der Waals surface area contributed by atoms with Crippen LogP contribution in [0.4, 0.5) is 11.4 Å². The van der Waals surface area contributed by atoms with Crippen LogP contribution in [0.3, 0.4) is 0 Å². The molecule has 0 aromatic heterocycles. The Morgan fingerprint density at radius 3 is 1.35 bits per heavy atom. The maximum Gasteiger partial charge on any atom is 0.329 e. The van der Waals surface area contributed by atoms with Crippen molar-refractivity contribution < 1.29 is 57.9 Å². The number of hydrogen-bond donors (Lipinski definition) is 2. The Morgan fingerprint density at radius 1 is 0.556 bits per heavy atom. The van der Waals surface area contributed by atoms with Crippen LogP contribution in [-0.4, -0.2) is 173 Å². The molecule has 18 nitrogen and oxygen atoms in total. The van der Waals surface area contributed by atoms with Crippen LogP contribution in [-0.2, 0) is 9.53 Å². The van der Waals surface area contributed by atoms with Gasteiger partial charge in [0.2, 0.25) is 0 Å². The highest BCUT2D eigenvalue weighted by Gasteiger charge is 2.44. The Kier molecular flexibility index (Phi) is 18.1. The summed E-state index contributed by atoms with van der Waals surface area (Å²) >= 11 is 0. The summed E-state index contributed by atoms with van der Waals surface area (Å²) < 4.78 is 26.9. The number of aliphatic carboxylic acids is 1. The smallest absolute Gasteiger partial charge is 0.329 e. The highest BCUT2D eigenvalue weighted by Crippen LogP contribution is 2.42. The second-order valence-corrected chi connectivity index (χ2v) is 17.9. The third-order valence-corrected chi connectivity index (χ3v) is 14.0. The minimum Gasteiger partial charge on any atom is -0.493 e. The molecular weight excluding hydrogens is 925 g/mol. The largest absolute Gasteiger partial charge is 0.493 e. The molecule has 0 aliphatic carbocycles.